The lowest BCUT2D eigenvalue weighted by molar-refractivity contribution is 0.231. The first kappa shape index (κ1) is 14.7. The van der Waals surface area contributed by atoms with Gasteiger partial charge in [0.2, 0.25) is 0 Å². The van der Waals surface area contributed by atoms with Crippen molar-refractivity contribution < 1.29 is 9.47 Å². The van der Waals surface area contributed by atoms with Gasteiger partial charge in [0, 0.05) is 25.7 Å². The maximum atomic E-state index is 5.84. The highest BCUT2D eigenvalue weighted by Gasteiger charge is 2.33. The zero-order chi connectivity index (χ0) is 14.5. The zero-order valence-corrected chi connectivity index (χ0v) is 12.9. The molecule has 116 valence electrons. The van der Waals surface area contributed by atoms with Gasteiger partial charge in [-0.1, -0.05) is 0 Å². The molecule has 2 fully saturated rings. The molecule has 4 heteroatoms. The first-order chi connectivity index (χ1) is 10.3. The number of hydrogen-bond acceptors (Lipinski definition) is 4. The molecule has 0 radical (unpaired) electrons. The number of ether oxygens (including phenoxy) is 2. The first-order valence-electron chi connectivity index (χ1n) is 8.16. The number of likely N-dealkylation sites (tertiary alicyclic amines) is 1. The fourth-order valence-electron chi connectivity index (χ4n) is 3.41. The molecular formula is C17H26N2O2. The van der Waals surface area contributed by atoms with Crippen molar-refractivity contribution in [2.45, 2.75) is 25.8 Å². The summed E-state index contributed by atoms with van der Waals surface area (Å²) in [5, 5.41) is 3.64. The lowest BCUT2D eigenvalue weighted by atomic mass is 9.94. The van der Waals surface area contributed by atoms with Crippen molar-refractivity contribution in [3.63, 3.8) is 0 Å². The Morgan fingerprint density at radius 1 is 1.14 bits per heavy atom. The Labute approximate surface area is 127 Å². The number of nitrogens with zero attached hydrogens (tertiary/aromatic N) is 1. The van der Waals surface area contributed by atoms with Crippen LogP contribution in [0.15, 0.2) is 24.3 Å². The van der Waals surface area contributed by atoms with E-state index in [0.29, 0.717) is 12.6 Å². The monoisotopic (exact) mass is 290 g/mol. The molecule has 2 aliphatic heterocycles. The molecule has 2 unspecified atom stereocenters. The predicted octanol–water partition coefficient (Wildman–Crippen LogP) is 2.15. The summed E-state index contributed by atoms with van der Waals surface area (Å²) in [6.07, 6.45) is 2.71. The van der Waals surface area contributed by atoms with Crippen LogP contribution < -0.4 is 14.8 Å². The van der Waals surface area contributed by atoms with E-state index in [-0.39, 0.29) is 0 Å². The largest absolute Gasteiger partial charge is 0.494 e. The number of benzene rings is 1. The molecule has 2 saturated heterocycles. The van der Waals surface area contributed by atoms with E-state index in [0.717, 1.165) is 30.6 Å². The average molecular weight is 290 g/mol. The van der Waals surface area contributed by atoms with E-state index in [9.17, 15) is 0 Å². The summed E-state index contributed by atoms with van der Waals surface area (Å²) >= 11 is 0. The van der Waals surface area contributed by atoms with Crippen LogP contribution in [0.5, 0.6) is 11.5 Å². The first-order valence-corrected chi connectivity index (χ1v) is 8.16. The minimum atomic E-state index is 0.700. The standard InChI is InChI=1S/C17H26N2O2/c1-2-20-15-5-7-16(8-6-15)21-11-10-19-12-14-4-3-9-18-17(14)13-19/h5-8,14,17-18H,2-4,9-13H2,1H3. The van der Waals surface area contributed by atoms with E-state index in [1.807, 2.05) is 31.2 Å². The van der Waals surface area contributed by atoms with Crippen molar-refractivity contribution in [2.24, 2.45) is 5.92 Å². The second-order valence-electron chi connectivity index (χ2n) is 5.98. The Morgan fingerprint density at radius 2 is 1.90 bits per heavy atom. The summed E-state index contributed by atoms with van der Waals surface area (Å²) in [4.78, 5) is 2.53. The fraction of sp³-hybridized carbons (Fsp3) is 0.647. The van der Waals surface area contributed by atoms with Crippen molar-refractivity contribution in [3.05, 3.63) is 24.3 Å². The van der Waals surface area contributed by atoms with E-state index in [1.165, 1.54) is 32.5 Å². The fourth-order valence-corrected chi connectivity index (χ4v) is 3.41. The Morgan fingerprint density at radius 3 is 2.62 bits per heavy atom. The predicted molar refractivity (Wildman–Crippen MR) is 84.1 cm³/mol. The number of hydrogen-bond donors (Lipinski definition) is 1. The lowest BCUT2D eigenvalue weighted by Gasteiger charge is -2.24. The second-order valence-corrected chi connectivity index (χ2v) is 5.98. The molecule has 1 aromatic carbocycles. The van der Waals surface area contributed by atoms with Crippen molar-refractivity contribution in [1.29, 1.82) is 0 Å². The third kappa shape index (κ3) is 3.89. The number of nitrogens with one attached hydrogen (secondary N) is 1. The third-order valence-electron chi connectivity index (χ3n) is 4.49. The average Bonchev–Trinajstić information content (AvgIpc) is 2.92. The molecule has 2 aliphatic rings. The van der Waals surface area contributed by atoms with Crippen LogP contribution in [0.25, 0.3) is 0 Å². The van der Waals surface area contributed by atoms with E-state index in [2.05, 4.69) is 10.2 Å². The summed E-state index contributed by atoms with van der Waals surface area (Å²) < 4.78 is 11.3. The zero-order valence-electron chi connectivity index (χ0n) is 12.9. The molecule has 0 amide bonds. The Kier molecular flexibility index (Phi) is 4.99. The molecule has 1 N–H and O–H groups in total. The van der Waals surface area contributed by atoms with Crippen LogP contribution in [0.3, 0.4) is 0 Å². The van der Waals surface area contributed by atoms with Crippen molar-refractivity contribution in [1.82, 2.24) is 10.2 Å². The highest BCUT2D eigenvalue weighted by Crippen LogP contribution is 2.24. The van der Waals surface area contributed by atoms with Gasteiger partial charge < -0.3 is 14.8 Å². The van der Waals surface area contributed by atoms with Crippen molar-refractivity contribution in [2.75, 3.05) is 39.4 Å². The molecule has 2 heterocycles. The van der Waals surface area contributed by atoms with Gasteiger partial charge in [-0.05, 0) is 56.5 Å². The van der Waals surface area contributed by atoms with Crippen LogP contribution in [0, 0.1) is 5.92 Å². The molecule has 0 bridgehead atoms. The number of fused-ring (bicyclic) bond motifs is 1. The minimum Gasteiger partial charge on any atom is -0.494 e. The Hall–Kier alpha value is -1.26. The van der Waals surface area contributed by atoms with Gasteiger partial charge in [0.1, 0.15) is 18.1 Å². The van der Waals surface area contributed by atoms with Crippen LogP contribution in [0.4, 0.5) is 0 Å². The maximum absolute atomic E-state index is 5.84. The summed E-state index contributed by atoms with van der Waals surface area (Å²) in [7, 11) is 0. The van der Waals surface area contributed by atoms with Gasteiger partial charge in [-0.15, -0.1) is 0 Å². The van der Waals surface area contributed by atoms with E-state index < -0.39 is 0 Å². The highest BCUT2D eigenvalue weighted by molar-refractivity contribution is 5.31. The molecule has 1 aromatic rings. The van der Waals surface area contributed by atoms with Gasteiger partial charge >= 0.3 is 0 Å². The Balaban J connectivity index is 1.40. The summed E-state index contributed by atoms with van der Waals surface area (Å²) in [6.45, 7) is 8.06. The number of piperidine rings is 1. The molecule has 2 atom stereocenters. The van der Waals surface area contributed by atoms with Crippen LogP contribution in [-0.4, -0.2) is 50.3 Å². The molecule has 0 aromatic heterocycles. The SMILES string of the molecule is CCOc1ccc(OCCN2CC3CCCNC3C2)cc1. The highest BCUT2D eigenvalue weighted by atomic mass is 16.5. The number of rotatable bonds is 6. The van der Waals surface area contributed by atoms with E-state index >= 15 is 0 Å². The smallest absolute Gasteiger partial charge is 0.119 e. The summed E-state index contributed by atoms with van der Waals surface area (Å²) in [5.41, 5.74) is 0. The third-order valence-corrected chi connectivity index (χ3v) is 4.49. The van der Waals surface area contributed by atoms with E-state index in [4.69, 9.17) is 9.47 Å². The molecule has 0 aliphatic carbocycles. The van der Waals surface area contributed by atoms with Gasteiger partial charge in [0.05, 0.1) is 6.61 Å². The molecule has 0 spiro atoms. The van der Waals surface area contributed by atoms with Gasteiger partial charge in [0.15, 0.2) is 0 Å². The molecule has 21 heavy (non-hydrogen) atoms. The van der Waals surface area contributed by atoms with Gasteiger partial charge in [-0.2, -0.15) is 0 Å². The van der Waals surface area contributed by atoms with Crippen LogP contribution in [-0.2, 0) is 0 Å². The van der Waals surface area contributed by atoms with Gasteiger partial charge in [-0.25, -0.2) is 0 Å². The summed E-state index contributed by atoms with van der Waals surface area (Å²) in [5.74, 6) is 2.68. The van der Waals surface area contributed by atoms with Crippen molar-refractivity contribution in [3.8, 4) is 11.5 Å². The van der Waals surface area contributed by atoms with Gasteiger partial charge in [0.25, 0.3) is 0 Å². The lowest BCUT2D eigenvalue weighted by Crippen LogP contribution is -2.40. The van der Waals surface area contributed by atoms with E-state index in [1.54, 1.807) is 0 Å². The van der Waals surface area contributed by atoms with Crippen molar-refractivity contribution >= 4 is 0 Å². The summed E-state index contributed by atoms with van der Waals surface area (Å²) in [6, 6.07) is 8.61. The molecule has 3 rings (SSSR count). The second kappa shape index (κ2) is 7.14. The van der Waals surface area contributed by atoms with Crippen LogP contribution >= 0.6 is 0 Å². The van der Waals surface area contributed by atoms with Gasteiger partial charge in [-0.3, -0.25) is 4.90 Å². The molecular weight excluding hydrogens is 264 g/mol. The quantitative estimate of drug-likeness (QED) is 0.870. The Bertz CT molecular complexity index is 421. The topological polar surface area (TPSA) is 33.7 Å². The molecule has 4 nitrogen and oxygen atoms in total. The molecule has 0 saturated carbocycles. The van der Waals surface area contributed by atoms with Crippen LogP contribution in [0.2, 0.25) is 0 Å². The van der Waals surface area contributed by atoms with Crippen LogP contribution in [0.1, 0.15) is 19.8 Å². The minimum absolute atomic E-state index is 0.700. The maximum Gasteiger partial charge on any atom is 0.119 e. The normalized spacial score (nSPS) is 25.6.